The van der Waals surface area contributed by atoms with Gasteiger partial charge in [-0.1, -0.05) is 0 Å². The number of amides is 1. The molecular formula is C21H26N6O4. The van der Waals surface area contributed by atoms with Crippen LogP contribution < -0.4 is 26.2 Å². The van der Waals surface area contributed by atoms with Gasteiger partial charge in [-0.3, -0.25) is 14.2 Å². The molecule has 1 N–H and O–H groups in total. The van der Waals surface area contributed by atoms with Gasteiger partial charge in [0.15, 0.2) is 11.2 Å². The molecule has 3 heterocycles. The van der Waals surface area contributed by atoms with Crippen LogP contribution in [0.3, 0.4) is 0 Å². The first-order valence-corrected chi connectivity index (χ1v) is 10.2. The molecule has 31 heavy (non-hydrogen) atoms. The van der Waals surface area contributed by atoms with Crippen LogP contribution in [-0.2, 0) is 25.4 Å². The van der Waals surface area contributed by atoms with E-state index in [0.717, 1.165) is 41.9 Å². The second-order valence-corrected chi connectivity index (χ2v) is 7.79. The summed E-state index contributed by atoms with van der Waals surface area (Å²) in [5, 5.41) is 2.97. The number of carbonyl (C=O) groups is 1. The van der Waals surface area contributed by atoms with E-state index in [1.54, 1.807) is 25.8 Å². The predicted molar refractivity (Wildman–Crippen MR) is 117 cm³/mol. The van der Waals surface area contributed by atoms with Crippen LogP contribution >= 0.6 is 0 Å². The lowest BCUT2D eigenvalue weighted by Crippen LogP contribution is -2.48. The molecule has 164 valence electrons. The molecule has 1 aromatic carbocycles. The molecule has 10 nitrogen and oxygen atoms in total. The zero-order chi connectivity index (χ0) is 22.1. The number of piperidine rings is 1. The molecule has 0 unspecified atom stereocenters. The van der Waals surface area contributed by atoms with Crippen LogP contribution in [0.1, 0.15) is 12.8 Å². The second kappa shape index (κ2) is 8.29. The highest BCUT2D eigenvalue weighted by Crippen LogP contribution is 2.22. The summed E-state index contributed by atoms with van der Waals surface area (Å²) in [6.07, 6.45) is 3.05. The molecule has 0 atom stereocenters. The number of methoxy groups -OCH3 is 1. The summed E-state index contributed by atoms with van der Waals surface area (Å²) in [6, 6.07) is 7.91. The van der Waals surface area contributed by atoms with E-state index in [1.165, 1.54) is 10.9 Å². The number of ether oxygens (including phenoxy) is 1. The van der Waals surface area contributed by atoms with Gasteiger partial charge in [-0.15, -0.1) is 0 Å². The Morgan fingerprint density at radius 1 is 1.16 bits per heavy atom. The van der Waals surface area contributed by atoms with E-state index in [2.05, 4.69) is 15.2 Å². The van der Waals surface area contributed by atoms with E-state index in [-0.39, 0.29) is 18.5 Å². The lowest BCUT2D eigenvalue weighted by atomic mass is 10.0. The highest BCUT2D eigenvalue weighted by Gasteiger charge is 2.22. The van der Waals surface area contributed by atoms with Gasteiger partial charge < -0.3 is 19.5 Å². The number of fused-ring (bicyclic) bond motifs is 1. The van der Waals surface area contributed by atoms with Gasteiger partial charge in [0.1, 0.15) is 12.3 Å². The predicted octanol–water partition coefficient (Wildman–Crippen LogP) is 0.228. The number of nitrogens with zero attached hydrogens (tertiary/aromatic N) is 5. The minimum atomic E-state index is -0.555. The van der Waals surface area contributed by atoms with Crippen LogP contribution in [0.5, 0.6) is 5.75 Å². The lowest BCUT2D eigenvalue weighted by Gasteiger charge is -2.34. The fourth-order valence-electron chi connectivity index (χ4n) is 4.03. The average molecular weight is 426 g/mol. The highest BCUT2D eigenvalue weighted by atomic mass is 16.5. The number of rotatable bonds is 5. The maximum atomic E-state index is 12.7. The summed E-state index contributed by atoms with van der Waals surface area (Å²) in [5.74, 6) is 0.472. The Balaban J connectivity index is 1.40. The normalized spacial score (nSPS) is 14.7. The van der Waals surface area contributed by atoms with Crippen molar-refractivity contribution < 1.29 is 9.53 Å². The molecule has 1 amide bonds. The summed E-state index contributed by atoms with van der Waals surface area (Å²) in [7, 11) is 4.87. The van der Waals surface area contributed by atoms with Crippen molar-refractivity contribution in [2.45, 2.75) is 25.4 Å². The molecule has 4 rings (SSSR count). The lowest BCUT2D eigenvalue weighted by molar-refractivity contribution is -0.122. The minimum Gasteiger partial charge on any atom is -0.497 e. The molecule has 1 aliphatic heterocycles. The number of nitrogens with one attached hydrogen (secondary N) is 1. The van der Waals surface area contributed by atoms with E-state index in [9.17, 15) is 14.4 Å². The number of aryl methyl sites for hydroxylation is 2. The molecule has 10 heteroatoms. The third-order valence-electron chi connectivity index (χ3n) is 5.80. The van der Waals surface area contributed by atoms with E-state index in [1.807, 2.05) is 24.3 Å². The first-order valence-electron chi connectivity index (χ1n) is 10.2. The van der Waals surface area contributed by atoms with Gasteiger partial charge in [-0.25, -0.2) is 14.3 Å². The van der Waals surface area contributed by atoms with Crippen LogP contribution in [-0.4, -0.2) is 50.8 Å². The van der Waals surface area contributed by atoms with E-state index in [0.29, 0.717) is 11.2 Å². The maximum absolute atomic E-state index is 12.7. The molecule has 0 saturated carbocycles. The number of benzene rings is 1. The van der Waals surface area contributed by atoms with Crippen molar-refractivity contribution in [2.75, 3.05) is 25.1 Å². The van der Waals surface area contributed by atoms with Crippen LogP contribution in [0.25, 0.3) is 11.2 Å². The SMILES string of the molecule is COc1ccc(N2CCC(NC(=O)Cn3c(=O)c4c(ncn4C)n(C)c3=O)CC2)cc1. The highest BCUT2D eigenvalue weighted by molar-refractivity contribution is 5.77. The van der Waals surface area contributed by atoms with Gasteiger partial charge in [-0.2, -0.15) is 0 Å². The minimum absolute atomic E-state index is 0.00184. The van der Waals surface area contributed by atoms with Crippen LogP contribution in [0.4, 0.5) is 5.69 Å². The van der Waals surface area contributed by atoms with Crippen molar-refractivity contribution in [3.05, 3.63) is 51.4 Å². The molecule has 2 aromatic heterocycles. The smallest absolute Gasteiger partial charge is 0.332 e. The molecular weight excluding hydrogens is 400 g/mol. The maximum Gasteiger partial charge on any atom is 0.332 e. The third-order valence-corrected chi connectivity index (χ3v) is 5.80. The third kappa shape index (κ3) is 3.92. The Morgan fingerprint density at radius 2 is 1.84 bits per heavy atom. The van der Waals surface area contributed by atoms with Gasteiger partial charge in [-0.05, 0) is 37.1 Å². The van der Waals surface area contributed by atoms with Crippen molar-refractivity contribution in [2.24, 2.45) is 14.1 Å². The molecule has 0 spiro atoms. The first kappa shape index (κ1) is 20.7. The molecule has 1 fully saturated rings. The average Bonchev–Trinajstić information content (AvgIpc) is 3.17. The second-order valence-electron chi connectivity index (χ2n) is 7.79. The van der Waals surface area contributed by atoms with Gasteiger partial charge in [0.25, 0.3) is 5.56 Å². The summed E-state index contributed by atoms with van der Waals surface area (Å²) in [4.78, 5) is 44.3. The summed E-state index contributed by atoms with van der Waals surface area (Å²) >= 11 is 0. The Labute approximate surface area is 178 Å². The van der Waals surface area contributed by atoms with Crippen molar-refractivity contribution in [3.63, 3.8) is 0 Å². The van der Waals surface area contributed by atoms with Gasteiger partial charge in [0.2, 0.25) is 5.91 Å². The Bertz CT molecular complexity index is 1220. The number of imidazole rings is 1. The number of hydrogen-bond acceptors (Lipinski definition) is 6. The fraction of sp³-hybridized carbons (Fsp3) is 0.429. The molecule has 1 aliphatic rings. The van der Waals surface area contributed by atoms with Gasteiger partial charge in [0, 0.05) is 38.9 Å². The van der Waals surface area contributed by atoms with Gasteiger partial charge >= 0.3 is 5.69 Å². The first-order chi connectivity index (χ1) is 14.9. The number of aromatic nitrogens is 4. The molecule has 0 bridgehead atoms. The Kier molecular flexibility index (Phi) is 5.53. The summed E-state index contributed by atoms with van der Waals surface area (Å²) in [5.41, 5.74) is 0.649. The Morgan fingerprint density at radius 3 is 2.48 bits per heavy atom. The monoisotopic (exact) mass is 426 g/mol. The van der Waals surface area contributed by atoms with Crippen molar-refractivity contribution in [1.29, 1.82) is 0 Å². The zero-order valence-corrected chi connectivity index (χ0v) is 17.9. The standard InChI is InChI=1S/C21H26N6O4/c1-24-13-22-19-18(24)20(29)27(21(30)25(19)2)12-17(28)23-14-8-10-26(11-9-14)15-4-6-16(31-3)7-5-15/h4-7,13-14H,8-12H2,1-3H3,(H,23,28). The number of hydrogen-bond donors (Lipinski definition) is 1. The van der Waals surface area contributed by atoms with Crippen LogP contribution in [0, 0.1) is 0 Å². The van der Waals surface area contributed by atoms with E-state index in [4.69, 9.17) is 4.74 Å². The molecule has 1 saturated heterocycles. The quantitative estimate of drug-likeness (QED) is 0.626. The van der Waals surface area contributed by atoms with Crippen molar-refractivity contribution >= 4 is 22.8 Å². The largest absolute Gasteiger partial charge is 0.497 e. The summed E-state index contributed by atoms with van der Waals surface area (Å²) in [6.45, 7) is 1.30. The van der Waals surface area contributed by atoms with Crippen molar-refractivity contribution in [1.82, 2.24) is 24.0 Å². The zero-order valence-electron chi connectivity index (χ0n) is 17.9. The van der Waals surface area contributed by atoms with Gasteiger partial charge in [0.05, 0.1) is 13.4 Å². The van der Waals surface area contributed by atoms with Crippen LogP contribution in [0.15, 0.2) is 40.2 Å². The molecule has 0 radical (unpaired) electrons. The van der Waals surface area contributed by atoms with E-state index >= 15 is 0 Å². The van der Waals surface area contributed by atoms with Crippen LogP contribution in [0.2, 0.25) is 0 Å². The molecule has 0 aliphatic carbocycles. The fourth-order valence-corrected chi connectivity index (χ4v) is 4.03. The van der Waals surface area contributed by atoms with E-state index < -0.39 is 11.2 Å². The number of carbonyl (C=O) groups excluding carboxylic acids is 1. The topological polar surface area (TPSA) is 103 Å². The molecule has 3 aromatic rings. The van der Waals surface area contributed by atoms with Crippen molar-refractivity contribution in [3.8, 4) is 5.75 Å². The summed E-state index contributed by atoms with van der Waals surface area (Å²) < 4.78 is 9.01. The number of anilines is 1. The Hall–Kier alpha value is -3.56.